The molecule has 2 aliphatic heterocycles. The van der Waals surface area contributed by atoms with Crippen LogP contribution in [0.3, 0.4) is 0 Å². The number of thiocarbonyl (C=S) groups is 1. The van der Waals surface area contributed by atoms with E-state index in [1.807, 2.05) is 37.3 Å². The lowest BCUT2D eigenvalue weighted by Crippen LogP contribution is -2.70. The molecule has 0 saturated carbocycles. The van der Waals surface area contributed by atoms with Crippen LogP contribution in [-0.2, 0) is 16.0 Å². The quantitative estimate of drug-likeness (QED) is 0.618. The third-order valence-electron chi connectivity index (χ3n) is 4.20. The summed E-state index contributed by atoms with van der Waals surface area (Å²) in [7, 11) is 0. The van der Waals surface area contributed by atoms with Crippen molar-refractivity contribution in [3.8, 4) is 0 Å². The zero-order valence-corrected chi connectivity index (χ0v) is 14.8. The van der Waals surface area contributed by atoms with Gasteiger partial charge in [-0.2, -0.15) is 0 Å². The summed E-state index contributed by atoms with van der Waals surface area (Å²) in [6.45, 7) is 1.91. The van der Waals surface area contributed by atoms with Gasteiger partial charge in [-0.25, -0.2) is 4.79 Å². The maximum Gasteiger partial charge on any atom is 0.352 e. The zero-order chi connectivity index (χ0) is 17.3. The van der Waals surface area contributed by atoms with Gasteiger partial charge in [-0.3, -0.25) is 9.69 Å². The number of nitrogens with one attached hydrogen (secondary N) is 1. The van der Waals surface area contributed by atoms with Gasteiger partial charge in [0, 0.05) is 12.2 Å². The SMILES string of the molecule is CCC1=C(C(=O)O)N2C(=O)[C@@H](NC(=S)Cc3ccccc3)[C@H]2SC1. The maximum absolute atomic E-state index is 12.5. The summed E-state index contributed by atoms with van der Waals surface area (Å²) < 4.78 is 0. The highest BCUT2D eigenvalue weighted by Gasteiger charge is 2.53. The van der Waals surface area contributed by atoms with Crippen molar-refractivity contribution in [3.63, 3.8) is 0 Å². The van der Waals surface area contributed by atoms with Crippen LogP contribution in [0.4, 0.5) is 0 Å². The van der Waals surface area contributed by atoms with Gasteiger partial charge in [0.25, 0.3) is 5.91 Å². The summed E-state index contributed by atoms with van der Waals surface area (Å²) in [5, 5.41) is 12.3. The molecule has 1 saturated heterocycles. The Bertz CT molecular complexity index is 718. The van der Waals surface area contributed by atoms with Crippen LogP contribution in [0.25, 0.3) is 0 Å². The molecule has 0 aliphatic carbocycles. The van der Waals surface area contributed by atoms with Crippen LogP contribution in [0.2, 0.25) is 0 Å². The molecule has 0 bridgehead atoms. The van der Waals surface area contributed by atoms with Crippen molar-refractivity contribution < 1.29 is 14.7 Å². The van der Waals surface area contributed by atoms with Crippen LogP contribution in [0.15, 0.2) is 41.6 Å². The highest BCUT2D eigenvalue weighted by Crippen LogP contribution is 2.41. The first kappa shape index (κ1) is 17.0. The van der Waals surface area contributed by atoms with E-state index in [4.69, 9.17) is 12.2 Å². The molecule has 0 aromatic heterocycles. The summed E-state index contributed by atoms with van der Waals surface area (Å²) >= 11 is 6.96. The van der Waals surface area contributed by atoms with E-state index in [9.17, 15) is 14.7 Å². The minimum atomic E-state index is -1.03. The average Bonchev–Trinajstić information content (AvgIpc) is 2.58. The van der Waals surface area contributed by atoms with E-state index in [0.717, 1.165) is 11.1 Å². The van der Waals surface area contributed by atoms with Crippen LogP contribution in [0.5, 0.6) is 0 Å². The molecule has 2 heterocycles. The Hall–Kier alpha value is -1.86. The monoisotopic (exact) mass is 362 g/mol. The Morgan fingerprint density at radius 1 is 1.42 bits per heavy atom. The summed E-state index contributed by atoms with van der Waals surface area (Å²) in [5.74, 6) is -0.613. The lowest BCUT2D eigenvalue weighted by Gasteiger charge is -2.49. The molecule has 126 valence electrons. The smallest absolute Gasteiger partial charge is 0.352 e. The highest BCUT2D eigenvalue weighted by molar-refractivity contribution is 8.00. The number of β-lactam (4-membered cyclic amide) rings is 1. The minimum absolute atomic E-state index is 0.151. The number of fused-ring (bicyclic) bond motifs is 1. The molecule has 0 radical (unpaired) electrons. The van der Waals surface area contributed by atoms with Gasteiger partial charge in [-0.1, -0.05) is 49.5 Å². The first-order valence-corrected chi connectivity index (χ1v) is 9.22. The fourth-order valence-electron chi connectivity index (χ4n) is 2.96. The second-order valence-electron chi connectivity index (χ2n) is 5.73. The standard InChI is InChI=1S/C17H18N2O3S2/c1-2-11-9-24-16-13(15(20)19(16)14(11)17(21)22)18-12(23)8-10-6-4-3-5-7-10/h3-7,13,16H,2,8-9H2,1H3,(H,18,23)(H,21,22)/t13-,16-/m1/s1. The predicted octanol–water partition coefficient (Wildman–Crippen LogP) is 2.18. The molecule has 24 heavy (non-hydrogen) atoms. The second-order valence-corrected chi connectivity index (χ2v) is 7.33. The summed E-state index contributed by atoms with van der Waals surface area (Å²) in [6, 6.07) is 9.35. The Morgan fingerprint density at radius 3 is 2.75 bits per heavy atom. The molecular weight excluding hydrogens is 344 g/mol. The number of amides is 1. The molecule has 7 heteroatoms. The van der Waals surface area contributed by atoms with Gasteiger partial charge in [-0.15, -0.1) is 11.8 Å². The highest BCUT2D eigenvalue weighted by atomic mass is 32.2. The fourth-order valence-corrected chi connectivity index (χ4v) is 4.70. The number of carboxylic acid groups (broad SMARTS) is 1. The minimum Gasteiger partial charge on any atom is -0.477 e. The number of rotatable bonds is 5. The van der Waals surface area contributed by atoms with Crippen molar-refractivity contribution in [3.05, 3.63) is 47.2 Å². The first-order chi connectivity index (χ1) is 11.5. The van der Waals surface area contributed by atoms with Gasteiger partial charge in [0.15, 0.2) is 0 Å². The van der Waals surface area contributed by atoms with E-state index in [0.29, 0.717) is 23.6 Å². The summed E-state index contributed by atoms with van der Waals surface area (Å²) in [5.41, 5.74) is 2.04. The lowest BCUT2D eigenvalue weighted by atomic mass is 10.0. The molecule has 0 spiro atoms. The first-order valence-electron chi connectivity index (χ1n) is 7.76. The van der Waals surface area contributed by atoms with Crippen LogP contribution < -0.4 is 5.32 Å². The molecule has 2 atom stereocenters. The van der Waals surface area contributed by atoms with Crippen LogP contribution in [-0.4, -0.2) is 44.0 Å². The van der Waals surface area contributed by atoms with Gasteiger partial charge < -0.3 is 10.4 Å². The molecule has 0 unspecified atom stereocenters. The lowest BCUT2D eigenvalue weighted by molar-refractivity contribution is -0.148. The molecule has 1 aromatic carbocycles. The Morgan fingerprint density at radius 2 is 2.12 bits per heavy atom. The average molecular weight is 362 g/mol. The third-order valence-corrected chi connectivity index (χ3v) is 5.80. The Kier molecular flexibility index (Phi) is 4.91. The molecule has 3 rings (SSSR count). The number of thioether (sulfide) groups is 1. The van der Waals surface area contributed by atoms with Crippen molar-refractivity contribution >= 4 is 40.8 Å². The van der Waals surface area contributed by atoms with Gasteiger partial charge in [0.05, 0.1) is 4.99 Å². The van der Waals surface area contributed by atoms with Crippen molar-refractivity contribution in [1.29, 1.82) is 0 Å². The number of carbonyl (C=O) groups is 2. The van der Waals surface area contributed by atoms with Crippen molar-refractivity contribution in [2.75, 3.05) is 5.75 Å². The summed E-state index contributed by atoms with van der Waals surface area (Å²) in [6.07, 6.45) is 1.20. The normalized spacial score (nSPS) is 22.7. The van der Waals surface area contributed by atoms with E-state index >= 15 is 0 Å². The Labute approximate surface area is 150 Å². The second kappa shape index (κ2) is 6.94. The van der Waals surface area contributed by atoms with E-state index in [1.54, 1.807) is 11.8 Å². The van der Waals surface area contributed by atoms with E-state index in [-0.39, 0.29) is 17.0 Å². The van der Waals surface area contributed by atoms with Gasteiger partial charge in [-0.05, 0) is 17.6 Å². The van der Waals surface area contributed by atoms with Gasteiger partial charge >= 0.3 is 5.97 Å². The number of hydrogen-bond acceptors (Lipinski definition) is 4. The van der Waals surface area contributed by atoms with Crippen LogP contribution in [0.1, 0.15) is 18.9 Å². The van der Waals surface area contributed by atoms with Crippen LogP contribution >= 0.6 is 24.0 Å². The zero-order valence-electron chi connectivity index (χ0n) is 13.2. The van der Waals surface area contributed by atoms with Gasteiger partial charge in [0.1, 0.15) is 17.1 Å². The van der Waals surface area contributed by atoms with Crippen molar-refractivity contribution in [2.24, 2.45) is 0 Å². The number of carboxylic acids is 1. The van der Waals surface area contributed by atoms with E-state index in [2.05, 4.69) is 5.32 Å². The van der Waals surface area contributed by atoms with Gasteiger partial charge in [0.2, 0.25) is 0 Å². The van der Waals surface area contributed by atoms with Crippen LogP contribution in [0, 0.1) is 0 Å². The molecule has 1 aromatic rings. The van der Waals surface area contributed by atoms with Crippen molar-refractivity contribution in [2.45, 2.75) is 31.2 Å². The largest absolute Gasteiger partial charge is 0.477 e. The van der Waals surface area contributed by atoms with E-state index in [1.165, 1.54) is 4.90 Å². The number of nitrogens with zero attached hydrogens (tertiary/aromatic N) is 1. The molecule has 2 N–H and O–H groups in total. The predicted molar refractivity (Wildman–Crippen MR) is 97.7 cm³/mol. The number of benzene rings is 1. The number of carbonyl (C=O) groups excluding carboxylic acids is 1. The third kappa shape index (κ3) is 3.06. The topological polar surface area (TPSA) is 69.6 Å². The molecule has 1 amide bonds. The fraction of sp³-hybridized carbons (Fsp3) is 0.353. The summed E-state index contributed by atoms with van der Waals surface area (Å²) in [4.78, 5) is 26.0. The number of hydrogen-bond donors (Lipinski definition) is 2. The molecule has 1 fully saturated rings. The van der Waals surface area contributed by atoms with E-state index < -0.39 is 12.0 Å². The molecular formula is C17H18N2O3S2. The maximum atomic E-state index is 12.5. The van der Waals surface area contributed by atoms with Crippen molar-refractivity contribution in [1.82, 2.24) is 10.2 Å². The number of aliphatic carboxylic acids is 1. The molecule has 5 nitrogen and oxygen atoms in total. The molecule has 2 aliphatic rings. The Balaban J connectivity index is 1.69.